The van der Waals surface area contributed by atoms with Crippen molar-refractivity contribution in [1.82, 2.24) is 14.8 Å². The second-order valence-corrected chi connectivity index (χ2v) is 5.29. The molecule has 2 aromatic rings. The van der Waals surface area contributed by atoms with Gasteiger partial charge in [0.15, 0.2) is 0 Å². The second-order valence-electron chi connectivity index (χ2n) is 5.29. The minimum Gasteiger partial charge on any atom is -0.326 e. The van der Waals surface area contributed by atoms with Crippen LogP contribution in [0.4, 0.5) is 5.69 Å². The van der Waals surface area contributed by atoms with Crippen LogP contribution in [0.1, 0.15) is 32.1 Å². The number of aromatic nitrogens is 3. The Labute approximate surface area is 118 Å². The van der Waals surface area contributed by atoms with Gasteiger partial charge in [-0.15, -0.1) is 0 Å². The Kier molecular flexibility index (Phi) is 3.76. The molecule has 20 heavy (non-hydrogen) atoms. The highest BCUT2D eigenvalue weighted by Crippen LogP contribution is 2.27. The molecule has 0 unspecified atom stereocenters. The van der Waals surface area contributed by atoms with E-state index in [0.29, 0.717) is 12.3 Å². The maximum atomic E-state index is 11.9. The van der Waals surface area contributed by atoms with E-state index in [-0.39, 0.29) is 5.91 Å². The zero-order chi connectivity index (χ0) is 13.8. The molecule has 104 valence electrons. The number of nitrogens with zero attached hydrogens (tertiary/aromatic N) is 3. The molecule has 0 spiro atoms. The first-order chi connectivity index (χ1) is 9.81. The third-order valence-electron chi connectivity index (χ3n) is 3.78. The predicted molar refractivity (Wildman–Crippen MR) is 76.6 cm³/mol. The summed E-state index contributed by atoms with van der Waals surface area (Å²) in [6, 6.07) is 7.62. The number of rotatable bonds is 4. The van der Waals surface area contributed by atoms with Crippen LogP contribution in [-0.2, 0) is 4.79 Å². The van der Waals surface area contributed by atoms with Gasteiger partial charge in [-0.05, 0) is 43.0 Å². The smallest absolute Gasteiger partial charge is 0.224 e. The molecule has 1 aromatic carbocycles. The number of hydrogen-bond acceptors (Lipinski definition) is 3. The molecule has 1 aromatic heterocycles. The summed E-state index contributed by atoms with van der Waals surface area (Å²) in [7, 11) is 0. The summed E-state index contributed by atoms with van der Waals surface area (Å²) in [5, 5.41) is 7.02. The first kappa shape index (κ1) is 12.8. The monoisotopic (exact) mass is 270 g/mol. The van der Waals surface area contributed by atoms with Crippen molar-refractivity contribution >= 4 is 11.6 Å². The molecule has 5 nitrogen and oxygen atoms in total. The second kappa shape index (κ2) is 5.86. The van der Waals surface area contributed by atoms with Gasteiger partial charge in [-0.3, -0.25) is 4.79 Å². The van der Waals surface area contributed by atoms with Crippen molar-refractivity contribution in [2.75, 3.05) is 5.32 Å². The largest absolute Gasteiger partial charge is 0.326 e. The van der Waals surface area contributed by atoms with E-state index in [1.165, 1.54) is 32.0 Å². The quantitative estimate of drug-likeness (QED) is 0.929. The van der Waals surface area contributed by atoms with Crippen LogP contribution in [0.25, 0.3) is 5.69 Å². The van der Waals surface area contributed by atoms with Gasteiger partial charge < -0.3 is 5.32 Å². The third kappa shape index (κ3) is 3.04. The lowest BCUT2D eigenvalue weighted by Crippen LogP contribution is -2.15. The van der Waals surface area contributed by atoms with E-state index < -0.39 is 0 Å². The molecule has 0 bridgehead atoms. The third-order valence-corrected chi connectivity index (χ3v) is 3.78. The number of hydrogen-bond donors (Lipinski definition) is 1. The Hall–Kier alpha value is -2.17. The van der Waals surface area contributed by atoms with Crippen molar-refractivity contribution in [3.8, 4) is 5.69 Å². The van der Waals surface area contributed by atoms with Crippen LogP contribution in [0.3, 0.4) is 0 Å². The number of amides is 1. The van der Waals surface area contributed by atoms with Crippen molar-refractivity contribution in [2.45, 2.75) is 32.1 Å². The Morgan fingerprint density at radius 1 is 1.25 bits per heavy atom. The van der Waals surface area contributed by atoms with Crippen LogP contribution < -0.4 is 5.32 Å². The summed E-state index contributed by atoms with van der Waals surface area (Å²) in [4.78, 5) is 15.9. The summed E-state index contributed by atoms with van der Waals surface area (Å²) >= 11 is 0. The van der Waals surface area contributed by atoms with E-state index >= 15 is 0 Å². The molecule has 5 heteroatoms. The Balaban J connectivity index is 1.59. The van der Waals surface area contributed by atoms with Gasteiger partial charge in [0.1, 0.15) is 12.7 Å². The standard InChI is InChI=1S/C15H18N4O/c20-15(9-12-3-1-2-4-12)18-13-5-7-14(8-6-13)19-11-16-10-17-19/h5-8,10-12H,1-4,9H2,(H,18,20). The maximum Gasteiger partial charge on any atom is 0.224 e. The Morgan fingerprint density at radius 2 is 2.00 bits per heavy atom. The number of carbonyl (C=O) groups is 1. The van der Waals surface area contributed by atoms with Crippen LogP contribution in [-0.4, -0.2) is 20.7 Å². The summed E-state index contributed by atoms with van der Waals surface area (Å²) in [5.41, 5.74) is 1.76. The minimum absolute atomic E-state index is 0.116. The van der Waals surface area contributed by atoms with Gasteiger partial charge in [-0.1, -0.05) is 12.8 Å². The molecule has 3 rings (SSSR count). The van der Waals surface area contributed by atoms with Gasteiger partial charge in [-0.2, -0.15) is 5.10 Å². The van der Waals surface area contributed by atoms with Crippen molar-refractivity contribution < 1.29 is 4.79 Å². The van der Waals surface area contributed by atoms with Crippen LogP contribution in [0.2, 0.25) is 0 Å². The first-order valence-corrected chi connectivity index (χ1v) is 7.06. The van der Waals surface area contributed by atoms with Crippen LogP contribution in [0.5, 0.6) is 0 Å². The highest BCUT2D eigenvalue weighted by Gasteiger charge is 2.18. The zero-order valence-corrected chi connectivity index (χ0v) is 11.3. The molecule has 1 aliphatic rings. The fourth-order valence-corrected chi connectivity index (χ4v) is 2.73. The lowest BCUT2D eigenvalue weighted by molar-refractivity contribution is -0.117. The number of nitrogens with one attached hydrogen (secondary N) is 1. The molecule has 1 saturated carbocycles. The lowest BCUT2D eigenvalue weighted by atomic mass is 10.0. The fraction of sp³-hybridized carbons (Fsp3) is 0.400. The molecule has 1 heterocycles. The van der Waals surface area contributed by atoms with Gasteiger partial charge in [0, 0.05) is 12.1 Å². The zero-order valence-electron chi connectivity index (χ0n) is 11.3. The van der Waals surface area contributed by atoms with Gasteiger partial charge in [0.25, 0.3) is 0 Å². The SMILES string of the molecule is O=C(CC1CCCC1)Nc1ccc(-n2cncn2)cc1. The van der Waals surface area contributed by atoms with E-state index in [1.807, 2.05) is 24.3 Å². The summed E-state index contributed by atoms with van der Waals surface area (Å²) in [5.74, 6) is 0.690. The fourth-order valence-electron chi connectivity index (χ4n) is 2.73. The summed E-state index contributed by atoms with van der Waals surface area (Å²) in [6.07, 6.45) is 8.71. The molecule has 0 aliphatic heterocycles. The Bertz CT molecular complexity index is 556. The van der Waals surface area contributed by atoms with Crippen LogP contribution in [0.15, 0.2) is 36.9 Å². The first-order valence-electron chi connectivity index (χ1n) is 7.06. The lowest BCUT2D eigenvalue weighted by Gasteiger charge is -2.10. The topological polar surface area (TPSA) is 59.8 Å². The molecule has 1 aliphatic carbocycles. The number of anilines is 1. The van der Waals surface area contributed by atoms with E-state index in [2.05, 4.69) is 15.4 Å². The minimum atomic E-state index is 0.116. The van der Waals surface area contributed by atoms with Crippen LogP contribution in [0, 0.1) is 5.92 Å². The Morgan fingerprint density at radius 3 is 2.65 bits per heavy atom. The predicted octanol–water partition coefficient (Wildman–Crippen LogP) is 2.79. The summed E-state index contributed by atoms with van der Waals surface area (Å²) < 4.78 is 1.68. The van der Waals surface area contributed by atoms with E-state index in [9.17, 15) is 4.79 Å². The average Bonchev–Trinajstić information content (AvgIpc) is 3.12. The highest BCUT2D eigenvalue weighted by atomic mass is 16.1. The van der Waals surface area contributed by atoms with Crippen molar-refractivity contribution in [3.63, 3.8) is 0 Å². The molecule has 0 atom stereocenters. The van der Waals surface area contributed by atoms with Crippen molar-refractivity contribution in [1.29, 1.82) is 0 Å². The number of carbonyl (C=O) groups excluding carboxylic acids is 1. The molecule has 1 N–H and O–H groups in total. The normalized spacial score (nSPS) is 15.4. The van der Waals surface area contributed by atoms with E-state index in [4.69, 9.17) is 0 Å². The summed E-state index contributed by atoms with van der Waals surface area (Å²) in [6.45, 7) is 0. The van der Waals surface area contributed by atoms with E-state index in [0.717, 1.165) is 11.4 Å². The number of benzene rings is 1. The average molecular weight is 270 g/mol. The molecule has 0 saturated heterocycles. The van der Waals surface area contributed by atoms with Crippen molar-refractivity contribution in [3.05, 3.63) is 36.9 Å². The highest BCUT2D eigenvalue weighted by molar-refractivity contribution is 5.90. The maximum absolute atomic E-state index is 11.9. The van der Waals surface area contributed by atoms with Crippen molar-refractivity contribution in [2.24, 2.45) is 5.92 Å². The van der Waals surface area contributed by atoms with E-state index in [1.54, 1.807) is 11.0 Å². The molecule has 1 fully saturated rings. The molecule has 0 radical (unpaired) electrons. The van der Waals surface area contributed by atoms with Gasteiger partial charge >= 0.3 is 0 Å². The van der Waals surface area contributed by atoms with Gasteiger partial charge in [-0.25, -0.2) is 9.67 Å². The molecular weight excluding hydrogens is 252 g/mol. The molecule has 1 amide bonds. The van der Waals surface area contributed by atoms with Crippen LogP contribution >= 0.6 is 0 Å². The van der Waals surface area contributed by atoms with Gasteiger partial charge in [0.05, 0.1) is 5.69 Å². The van der Waals surface area contributed by atoms with Gasteiger partial charge in [0.2, 0.25) is 5.91 Å². The molecular formula is C15H18N4O.